The molecule has 1 aromatic heterocycles. The smallest absolute Gasteiger partial charge is 0.276 e. The first-order chi connectivity index (χ1) is 8.93. The summed E-state index contributed by atoms with van der Waals surface area (Å²) in [6, 6.07) is 2.46. The number of pyridine rings is 1. The van der Waals surface area contributed by atoms with Crippen molar-refractivity contribution in [3.63, 3.8) is 0 Å². The minimum atomic E-state index is -0.552. The van der Waals surface area contributed by atoms with E-state index in [2.05, 4.69) is 4.98 Å². The van der Waals surface area contributed by atoms with Crippen LogP contribution in [-0.2, 0) is 4.79 Å². The van der Waals surface area contributed by atoms with Crippen LogP contribution >= 0.6 is 0 Å². The third-order valence-electron chi connectivity index (χ3n) is 2.48. The largest absolute Gasteiger partial charge is 0.383 e. The molecule has 0 atom stereocenters. The Kier molecular flexibility index (Phi) is 5.04. The summed E-state index contributed by atoms with van der Waals surface area (Å²) in [6.07, 6.45) is 1.73. The number of carbonyl (C=O) groups excluding carboxylic acids is 1. The number of primary amides is 1. The van der Waals surface area contributed by atoms with Gasteiger partial charge in [-0.25, -0.2) is 4.98 Å². The van der Waals surface area contributed by atoms with Crippen LogP contribution in [0.3, 0.4) is 0 Å². The Hall–Kier alpha value is -2.38. The van der Waals surface area contributed by atoms with Crippen LogP contribution in [-0.4, -0.2) is 28.9 Å². The molecule has 0 bridgehead atoms. The molecule has 0 unspecified atom stereocenters. The van der Waals surface area contributed by atoms with Crippen LogP contribution in [0.1, 0.15) is 19.8 Å². The van der Waals surface area contributed by atoms with Gasteiger partial charge in [-0.15, -0.1) is 0 Å². The third kappa shape index (κ3) is 4.41. The number of amides is 1. The van der Waals surface area contributed by atoms with Gasteiger partial charge in [0.15, 0.2) is 0 Å². The fraction of sp³-hybridized carbons (Fsp3) is 0.455. The van der Waals surface area contributed by atoms with Gasteiger partial charge in [0.05, 0.1) is 23.6 Å². The molecular weight excluding hydrogens is 250 g/mol. The van der Waals surface area contributed by atoms with Gasteiger partial charge in [-0.05, 0) is 6.42 Å². The van der Waals surface area contributed by atoms with Gasteiger partial charge in [-0.3, -0.25) is 14.9 Å². The van der Waals surface area contributed by atoms with E-state index in [0.717, 1.165) is 12.8 Å². The van der Waals surface area contributed by atoms with Crippen LogP contribution in [0.5, 0.6) is 0 Å². The number of hydrogen-bond donors (Lipinski definition) is 2. The minimum Gasteiger partial charge on any atom is -0.383 e. The molecule has 1 rings (SSSR count). The van der Waals surface area contributed by atoms with Crippen LogP contribution < -0.4 is 16.4 Å². The predicted molar refractivity (Wildman–Crippen MR) is 71.6 cm³/mol. The molecule has 0 fully saturated rings. The summed E-state index contributed by atoms with van der Waals surface area (Å²) in [5.74, 6) is -0.197. The average molecular weight is 267 g/mol. The highest BCUT2D eigenvalue weighted by atomic mass is 16.6. The molecule has 0 spiro atoms. The highest BCUT2D eigenvalue weighted by Crippen LogP contribution is 2.22. The van der Waals surface area contributed by atoms with E-state index in [4.69, 9.17) is 11.5 Å². The van der Waals surface area contributed by atoms with Gasteiger partial charge < -0.3 is 16.4 Å². The van der Waals surface area contributed by atoms with Crippen molar-refractivity contribution < 1.29 is 9.72 Å². The molecule has 8 nitrogen and oxygen atoms in total. The molecule has 0 aliphatic heterocycles. The lowest BCUT2D eigenvalue weighted by molar-refractivity contribution is -0.384. The summed E-state index contributed by atoms with van der Waals surface area (Å²) in [6.45, 7) is 2.48. The number of nitrogens with zero attached hydrogens (tertiary/aromatic N) is 3. The van der Waals surface area contributed by atoms with Crippen molar-refractivity contribution in [1.29, 1.82) is 0 Å². The van der Waals surface area contributed by atoms with Gasteiger partial charge in [-0.2, -0.15) is 0 Å². The van der Waals surface area contributed by atoms with E-state index in [0.29, 0.717) is 12.4 Å². The molecular formula is C11H17N5O3. The number of carbonyl (C=O) groups is 1. The quantitative estimate of drug-likeness (QED) is 0.551. The molecule has 104 valence electrons. The van der Waals surface area contributed by atoms with Gasteiger partial charge in [0.2, 0.25) is 5.91 Å². The summed E-state index contributed by atoms with van der Waals surface area (Å²) in [5.41, 5.74) is 10.5. The molecule has 19 heavy (non-hydrogen) atoms. The summed E-state index contributed by atoms with van der Waals surface area (Å²) < 4.78 is 0. The van der Waals surface area contributed by atoms with E-state index < -0.39 is 10.8 Å². The second kappa shape index (κ2) is 6.53. The molecule has 1 aromatic rings. The SMILES string of the molecule is CCCCN(CC(N)=O)c1cc([N+](=O)[O-])cc(N)n1. The predicted octanol–water partition coefficient (Wildman–Crippen LogP) is 0.664. The second-order valence-electron chi connectivity index (χ2n) is 4.11. The molecule has 0 aliphatic rings. The molecule has 0 aromatic carbocycles. The Morgan fingerprint density at radius 3 is 2.74 bits per heavy atom. The number of hydrogen-bond acceptors (Lipinski definition) is 6. The first kappa shape index (κ1) is 14.7. The molecule has 0 saturated heterocycles. The van der Waals surface area contributed by atoms with Crippen LogP contribution in [0.15, 0.2) is 12.1 Å². The number of nitrogen functional groups attached to an aromatic ring is 1. The zero-order valence-electron chi connectivity index (χ0n) is 10.7. The highest BCUT2D eigenvalue weighted by Gasteiger charge is 2.16. The van der Waals surface area contributed by atoms with E-state index >= 15 is 0 Å². The molecule has 0 saturated carbocycles. The molecule has 0 radical (unpaired) electrons. The number of rotatable bonds is 7. The number of anilines is 2. The number of nitrogens with two attached hydrogens (primary N) is 2. The van der Waals surface area contributed by atoms with Crippen molar-refractivity contribution >= 4 is 23.2 Å². The lowest BCUT2D eigenvalue weighted by Gasteiger charge is -2.21. The Bertz CT molecular complexity index is 477. The van der Waals surface area contributed by atoms with Crippen LogP contribution in [0.4, 0.5) is 17.3 Å². The zero-order chi connectivity index (χ0) is 14.4. The monoisotopic (exact) mass is 267 g/mol. The van der Waals surface area contributed by atoms with Crippen molar-refractivity contribution in [2.75, 3.05) is 23.7 Å². The molecule has 1 heterocycles. The standard InChI is InChI=1S/C11H17N5O3/c1-2-3-4-15(7-10(13)17)11-6-8(16(18)19)5-9(12)14-11/h5-6H,2-4,7H2,1H3,(H2,12,14)(H2,13,17). The van der Waals surface area contributed by atoms with Gasteiger partial charge in [0.1, 0.15) is 11.6 Å². The molecule has 8 heteroatoms. The maximum absolute atomic E-state index is 11.0. The maximum Gasteiger partial charge on any atom is 0.276 e. The number of unbranched alkanes of at least 4 members (excludes halogenated alkanes) is 1. The average Bonchev–Trinajstić information content (AvgIpc) is 2.33. The molecule has 1 amide bonds. The maximum atomic E-state index is 11.0. The molecule has 4 N–H and O–H groups in total. The lowest BCUT2D eigenvalue weighted by atomic mass is 10.3. The van der Waals surface area contributed by atoms with Gasteiger partial charge in [0, 0.05) is 6.54 Å². The summed E-state index contributed by atoms with van der Waals surface area (Å²) >= 11 is 0. The van der Waals surface area contributed by atoms with Crippen molar-refractivity contribution in [2.24, 2.45) is 5.73 Å². The number of aromatic nitrogens is 1. The number of nitro groups is 1. The minimum absolute atomic E-state index is 0.0372. The van der Waals surface area contributed by atoms with Crippen molar-refractivity contribution in [3.05, 3.63) is 22.2 Å². The first-order valence-electron chi connectivity index (χ1n) is 5.89. The fourth-order valence-corrected chi connectivity index (χ4v) is 1.60. The van der Waals surface area contributed by atoms with Crippen molar-refractivity contribution in [1.82, 2.24) is 4.98 Å². The normalized spacial score (nSPS) is 10.2. The van der Waals surface area contributed by atoms with E-state index in [-0.39, 0.29) is 18.1 Å². The fourth-order valence-electron chi connectivity index (χ4n) is 1.60. The van der Waals surface area contributed by atoms with E-state index in [1.54, 1.807) is 4.90 Å². The first-order valence-corrected chi connectivity index (χ1v) is 5.89. The van der Waals surface area contributed by atoms with Crippen molar-refractivity contribution in [2.45, 2.75) is 19.8 Å². The topological polar surface area (TPSA) is 128 Å². The van der Waals surface area contributed by atoms with Gasteiger partial charge >= 0.3 is 0 Å². The summed E-state index contributed by atoms with van der Waals surface area (Å²) in [4.78, 5) is 26.9. The van der Waals surface area contributed by atoms with Crippen LogP contribution in [0.25, 0.3) is 0 Å². The van der Waals surface area contributed by atoms with Crippen molar-refractivity contribution in [3.8, 4) is 0 Å². The van der Waals surface area contributed by atoms with E-state index in [1.165, 1.54) is 12.1 Å². The molecule has 0 aliphatic carbocycles. The Morgan fingerprint density at radius 1 is 1.53 bits per heavy atom. The second-order valence-corrected chi connectivity index (χ2v) is 4.11. The lowest BCUT2D eigenvalue weighted by Crippen LogP contribution is -2.35. The van der Waals surface area contributed by atoms with Crippen LogP contribution in [0.2, 0.25) is 0 Å². The Balaban J connectivity index is 3.05. The van der Waals surface area contributed by atoms with Crippen LogP contribution in [0, 0.1) is 10.1 Å². The Labute approximate surface area is 110 Å². The van der Waals surface area contributed by atoms with E-state index in [1.807, 2.05) is 6.92 Å². The summed E-state index contributed by atoms with van der Waals surface area (Å²) in [5, 5.41) is 10.8. The van der Waals surface area contributed by atoms with Gasteiger partial charge in [0.25, 0.3) is 5.69 Å². The summed E-state index contributed by atoms with van der Waals surface area (Å²) in [7, 11) is 0. The van der Waals surface area contributed by atoms with E-state index in [9.17, 15) is 14.9 Å². The highest BCUT2D eigenvalue weighted by molar-refractivity contribution is 5.79. The van der Waals surface area contributed by atoms with Gasteiger partial charge in [-0.1, -0.05) is 13.3 Å². The Morgan fingerprint density at radius 2 is 2.21 bits per heavy atom. The third-order valence-corrected chi connectivity index (χ3v) is 2.48. The zero-order valence-corrected chi connectivity index (χ0v) is 10.7.